The van der Waals surface area contributed by atoms with E-state index in [0.29, 0.717) is 6.54 Å². The Hall–Kier alpha value is -2.96. The van der Waals surface area contributed by atoms with Crippen molar-refractivity contribution in [2.75, 3.05) is 13.2 Å². The van der Waals surface area contributed by atoms with Crippen LogP contribution in [0, 0.1) is 0 Å². The summed E-state index contributed by atoms with van der Waals surface area (Å²) in [7, 11) is 0. The highest BCUT2D eigenvalue weighted by Gasteiger charge is 2.36. The molecule has 0 fully saturated rings. The molecule has 0 aliphatic carbocycles. The van der Waals surface area contributed by atoms with Crippen molar-refractivity contribution in [1.29, 1.82) is 0 Å². The Balaban J connectivity index is 1.87. The average molecular weight is 370 g/mol. The summed E-state index contributed by atoms with van der Waals surface area (Å²) in [6, 6.07) is 9.24. The average Bonchev–Trinajstić information content (AvgIpc) is 2.97. The Kier molecular flexibility index (Phi) is 5.69. The first-order chi connectivity index (χ1) is 13.0. The smallest absolute Gasteiger partial charge is 0.308 e. The zero-order chi connectivity index (χ0) is 19.4. The van der Waals surface area contributed by atoms with E-state index >= 15 is 0 Å². The summed E-state index contributed by atoms with van der Waals surface area (Å²) in [5, 5.41) is 0.986. The molecule has 3 rings (SSSR count). The number of hydrogen-bond donors (Lipinski definition) is 0. The highest BCUT2D eigenvalue weighted by molar-refractivity contribution is 5.83. The van der Waals surface area contributed by atoms with Crippen molar-refractivity contribution in [3.8, 4) is 0 Å². The third-order valence-electron chi connectivity index (χ3n) is 4.48. The fraction of sp³-hybridized carbons (Fsp3) is 0.400. The molecule has 0 spiro atoms. The van der Waals surface area contributed by atoms with Crippen LogP contribution in [0.4, 0.5) is 0 Å². The van der Waals surface area contributed by atoms with Gasteiger partial charge in [0.1, 0.15) is 6.61 Å². The molecule has 1 aliphatic heterocycles. The van der Waals surface area contributed by atoms with E-state index in [1.807, 2.05) is 30.3 Å². The maximum Gasteiger partial charge on any atom is 0.308 e. The lowest BCUT2D eigenvalue weighted by Gasteiger charge is -2.24. The molecule has 1 aromatic carbocycles. The first-order valence-corrected chi connectivity index (χ1v) is 8.96. The Labute approximate surface area is 157 Å². The molecule has 0 N–H and O–H groups in total. The van der Waals surface area contributed by atoms with Crippen LogP contribution in [0.2, 0.25) is 0 Å². The van der Waals surface area contributed by atoms with Gasteiger partial charge in [0.2, 0.25) is 5.91 Å². The quantitative estimate of drug-likeness (QED) is 0.727. The molecule has 1 amide bonds. The van der Waals surface area contributed by atoms with Gasteiger partial charge in [-0.2, -0.15) is 0 Å². The maximum absolute atomic E-state index is 12.7. The Morgan fingerprint density at radius 1 is 1.22 bits per heavy atom. The molecule has 0 radical (unpaired) electrons. The summed E-state index contributed by atoms with van der Waals surface area (Å²) in [5.41, 5.74) is 2.46. The fourth-order valence-electron chi connectivity index (χ4n) is 3.30. The van der Waals surface area contributed by atoms with Crippen LogP contribution >= 0.6 is 0 Å². The number of ether oxygens (including phenoxy) is 2. The summed E-state index contributed by atoms with van der Waals surface area (Å²) in [6.07, 6.45) is 0.109. The van der Waals surface area contributed by atoms with Gasteiger partial charge in [-0.05, 0) is 24.6 Å². The Morgan fingerprint density at radius 3 is 2.74 bits per heavy atom. The first-order valence-electron chi connectivity index (χ1n) is 8.96. The second kappa shape index (κ2) is 8.16. The largest absolute Gasteiger partial charge is 0.466 e. The number of benzene rings is 1. The van der Waals surface area contributed by atoms with Gasteiger partial charge in [-0.25, -0.2) is 0 Å². The number of rotatable bonds is 6. The van der Waals surface area contributed by atoms with Crippen molar-refractivity contribution < 1.29 is 23.9 Å². The number of para-hydroxylation sites is 1. The van der Waals surface area contributed by atoms with Gasteiger partial charge in [0.15, 0.2) is 0 Å². The van der Waals surface area contributed by atoms with Crippen LogP contribution in [0.15, 0.2) is 30.3 Å². The predicted octanol–water partition coefficient (Wildman–Crippen LogP) is 2.52. The number of pyridine rings is 1. The summed E-state index contributed by atoms with van der Waals surface area (Å²) < 4.78 is 9.95. The van der Waals surface area contributed by atoms with Crippen LogP contribution in [-0.4, -0.2) is 40.9 Å². The van der Waals surface area contributed by atoms with Crippen LogP contribution in [0.1, 0.15) is 44.0 Å². The van der Waals surface area contributed by atoms with Crippen molar-refractivity contribution in [1.82, 2.24) is 9.88 Å². The molecule has 1 aliphatic rings. The molecule has 1 unspecified atom stereocenters. The van der Waals surface area contributed by atoms with Crippen molar-refractivity contribution in [2.45, 2.75) is 39.3 Å². The van der Waals surface area contributed by atoms with Gasteiger partial charge in [-0.15, -0.1) is 0 Å². The van der Waals surface area contributed by atoms with Crippen LogP contribution < -0.4 is 0 Å². The number of nitrogens with zero attached hydrogens (tertiary/aromatic N) is 2. The highest BCUT2D eigenvalue weighted by Crippen LogP contribution is 2.37. The van der Waals surface area contributed by atoms with Gasteiger partial charge < -0.3 is 14.4 Å². The molecule has 2 heterocycles. The molecule has 2 aromatic rings. The minimum atomic E-state index is -0.478. The minimum absolute atomic E-state index is 0.0164. The third-order valence-corrected chi connectivity index (χ3v) is 4.48. The fourth-order valence-corrected chi connectivity index (χ4v) is 3.30. The van der Waals surface area contributed by atoms with Crippen LogP contribution in [0.3, 0.4) is 0 Å². The number of aromatic nitrogens is 1. The zero-order valence-electron chi connectivity index (χ0n) is 15.4. The molecular formula is C20H22N2O5. The molecule has 7 nitrogen and oxygen atoms in total. The van der Waals surface area contributed by atoms with E-state index in [0.717, 1.165) is 22.2 Å². The molecule has 142 valence electrons. The summed E-state index contributed by atoms with van der Waals surface area (Å²) in [6.45, 7) is 3.71. The lowest BCUT2D eigenvalue weighted by atomic mass is 10.1. The Morgan fingerprint density at radius 2 is 2.00 bits per heavy atom. The van der Waals surface area contributed by atoms with E-state index in [1.54, 1.807) is 11.8 Å². The molecule has 0 bridgehead atoms. The summed E-state index contributed by atoms with van der Waals surface area (Å²) >= 11 is 0. The second-order valence-electron chi connectivity index (χ2n) is 6.36. The van der Waals surface area contributed by atoms with Crippen molar-refractivity contribution in [2.24, 2.45) is 0 Å². The molecule has 27 heavy (non-hydrogen) atoms. The molecule has 0 saturated heterocycles. The molecule has 1 atom stereocenters. The van der Waals surface area contributed by atoms with Crippen molar-refractivity contribution in [3.63, 3.8) is 0 Å². The number of esters is 2. The van der Waals surface area contributed by atoms with Crippen LogP contribution in [-0.2, 0) is 30.4 Å². The van der Waals surface area contributed by atoms with Gasteiger partial charge in [0.25, 0.3) is 0 Å². The van der Waals surface area contributed by atoms with E-state index in [-0.39, 0.29) is 37.9 Å². The number of amides is 1. The van der Waals surface area contributed by atoms with Crippen LogP contribution in [0.25, 0.3) is 10.9 Å². The normalized spacial score (nSPS) is 15.5. The van der Waals surface area contributed by atoms with E-state index in [2.05, 4.69) is 0 Å². The summed E-state index contributed by atoms with van der Waals surface area (Å²) in [4.78, 5) is 42.0. The second-order valence-corrected chi connectivity index (χ2v) is 6.36. The van der Waals surface area contributed by atoms with Gasteiger partial charge in [-0.1, -0.05) is 18.2 Å². The van der Waals surface area contributed by atoms with Gasteiger partial charge in [0.05, 0.1) is 36.7 Å². The predicted molar refractivity (Wildman–Crippen MR) is 97.5 cm³/mol. The van der Waals surface area contributed by atoms with Gasteiger partial charge in [-0.3, -0.25) is 19.4 Å². The number of hydrogen-bond acceptors (Lipinski definition) is 6. The van der Waals surface area contributed by atoms with E-state index in [9.17, 15) is 14.4 Å². The van der Waals surface area contributed by atoms with Crippen molar-refractivity contribution in [3.05, 3.63) is 41.6 Å². The van der Waals surface area contributed by atoms with Crippen LogP contribution in [0.5, 0.6) is 0 Å². The topological polar surface area (TPSA) is 85.8 Å². The van der Waals surface area contributed by atoms with Gasteiger partial charge >= 0.3 is 11.9 Å². The number of carbonyl (C=O) groups is 3. The highest BCUT2D eigenvalue weighted by atomic mass is 16.5. The molecule has 1 aromatic heterocycles. The minimum Gasteiger partial charge on any atom is -0.466 e. The van der Waals surface area contributed by atoms with E-state index < -0.39 is 12.0 Å². The SMILES string of the molecule is CCOC(=O)CC1c2nc3ccccc3cc2CN1C(=O)CCOC(C)=O. The third kappa shape index (κ3) is 4.24. The zero-order valence-corrected chi connectivity index (χ0v) is 15.4. The number of carbonyl (C=O) groups excluding carboxylic acids is 3. The monoisotopic (exact) mass is 370 g/mol. The van der Waals surface area contributed by atoms with Gasteiger partial charge in [0, 0.05) is 18.9 Å². The number of fused-ring (bicyclic) bond motifs is 2. The Bertz CT molecular complexity index is 880. The summed E-state index contributed by atoms with van der Waals surface area (Å²) in [5.74, 6) is -0.987. The lowest BCUT2D eigenvalue weighted by molar-refractivity contribution is -0.146. The standard InChI is InChI=1S/C20H22N2O5/c1-3-26-19(25)11-17-20-15(10-14-6-4-5-7-16(14)21-20)12-22(17)18(24)8-9-27-13(2)23/h4-7,10,17H,3,8-9,11-12H2,1-2H3. The van der Waals surface area contributed by atoms with E-state index in [1.165, 1.54) is 6.92 Å². The molecule has 7 heteroatoms. The van der Waals surface area contributed by atoms with Crippen molar-refractivity contribution >= 4 is 28.7 Å². The lowest BCUT2D eigenvalue weighted by Crippen LogP contribution is -2.32. The van der Waals surface area contributed by atoms with E-state index in [4.69, 9.17) is 14.5 Å². The maximum atomic E-state index is 12.7. The first kappa shape index (κ1) is 18.8. The molecular weight excluding hydrogens is 348 g/mol. The molecule has 0 saturated carbocycles.